The van der Waals surface area contributed by atoms with Gasteiger partial charge in [0, 0.05) is 44.0 Å². The molecule has 1 fully saturated rings. The second-order valence-corrected chi connectivity index (χ2v) is 10.6. The van der Waals surface area contributed by atoms with E-state index in [4.69, 9.17) is 9.72 Å². The van der Waals surface area contributed by atoms with E-state index in [0.717, 1.165) is 60.2 Å². The molecule has 2 aliphatic heterocycles. The minimum Gasteiger partial charge on any atom is -0.477 e. The molecule has 1 atom stereocenters. The average molecular weight is 555 g/mol. The Balaban J connectivity index is 1.38. The summed E-state index contributed by atoms with van der Waals surface area (Å²) in [5.41, 5.74) is 5.42. The summed E-state index contributed by atoms with van der Waals surface area (Å²) < 4.78 is 9.97. The highest BCUT2D eigenvalue weighted by Crippen LogP contribution is 2.33. The Hall–Kier alpha value is -4.67. The summed E-state index contributed by atoms with van der Waals surface area (Å²) in [5, 5.41) is 10.5. The van der Waals surface area contributed by atoms with Gasteiger partial charge in [-0.3, -0.25) is 19.9 Å². The van der Waals surface area contributed by atoms with Crippen LogP contribution in [0.25, 0.3) is 22.3 Å². The van der Waals surface area contributed by atoms with E-state index < -0.39 is 0 Å². The first-order chi connectivity index (χ1) is 19.9. The number of amides is 2. The molecule has 2 aliphatic rings. The number of aromatic nitrogens is 5. The standard InChI is InChI=1S/C30H34N8O3/c1-4-26(39)33-21-11-13-37(18-21)25-10-8-9-23-27(25)38-12-6-5-7-14-41-29-22(17-31-36(29)3)24-16-20(15-19(2)32-24)28(40)35-30(38)34-23/h4,8-10,15-17,21H,1,5-7,11-14,18H2,2-3H3,(H,33,39)(H,34,35,40). The SMILES string of the molecule is C=CC(=O)NC1CCN(c2cccc3nc4n(c23)CCCCCOc2c(cnn2C)-c2cc(cc(C)n2)C(=O)N4)C1. The van der Waals surface area contributed by atoms with Crippen LogP contribution in [0.15, 0.2) is 49.2 Å². The van der Waals surface area contributed by atoms with Gasteiger partial charge in [-0.2, -0.15) is 5.10 Å². The van der Waals surface area contributed by atoms with Crippen molar-refractivity contribution < 1.29 is 14.3 Å². The number of carbonyl (C=O) groups is 2. The second-order valence-electron chi connectivity index (χ2n) is 10.6. The highest BCUT2D eigenvalue weighted by Gasteiger charge is 2.27. The van der Waals surface area contributed by atoms with Gasteiger partial charge in [-0.1, -0.05) is 12.6 Å². The fourth-order valence-electron chi connectivity index (χ4n) is 5.69. The summed E-state index contributed by atoms with van der Waals surface area (Å²) in [6.45, 7) is 8.17. The van der Waals surface area contributed by atoms with Crippen LogP contribution in [0.5, 0.6) is 5.88 Å². The van der Waals surface area contributed by atoms with Gasteiger partial charge in [0.05, 0.1) is 40.8 Å². The topological polar surface area (TPSA) is 119 Å². The smallest absolute Gasteiger partial charge is 0.258 e. The van der Waals surface area contributed by atoms with Gasteiger partial charge < -0.3 is 19.5 Å². The number of hydrogen-bond donors (Lipinski definition) is 2. The first-order valence-electron chi connectivity index (χ1n) is 14.0. The van der Waals surface area contributed by atoms with Gasteiger partial charge in [0.25, 0.3) is 5.91 Å². The molecular formula is C30H34N8O3. The summed E-state index contributed by atoms with van der Waals surface area (Å²) in [4.78, 5) is 37.3. The highest BCUT2D eigenvalue weighted by atomic mass is 16.5. The van der Waals surface area contributed by atoms with Gasteiger partial charge in [-0.25, -0.2) is 9.67 Å². The summed E-state index contributed by atoms with van der Waals surface area (Å²) in [6.07, 6.45) is 6.57. The summed E-state index contributed by atoms with van der Waals surface area (Å²) in [6, 6.07) is 9.64. The van der Waals surface area contributed by atoms with E-state index in [9.17, 15) is 9.59 Å². The molecule has 0 aliphatic carbocycles. The maximum Gasteiger partial charge on any atom is 0.258 e. The van der Waals surface area contributed by atoms with Crippen LogP contribution in [0, 0.1) is 6.92 Å². The molecule has 0 radical (unpaired) electrons. The lowest BCUT2D eigenvalue weighted by atomic mass is 10.1. The number of anilines is 2. The van der Waals surface area contributed by atoms with Gasteiger partial charge >= 0.3 is 0 Å². The van der Waals surface area contributed by atoms with Gasteiger partial charge in [-0.15, -0.1) is 0 Å². The molecule has 1 unspecified atom stereocenters. The molecule has 11 heteroatoms. The van der Waals surface area contributed by atoms with Gasteiger partial charge in [0.1, 0.15) is 0 Å². The molecule has 5 heterocycles. The molecule has 212 valence electrons. The number of aryl methyl sites for hydroxylation is 3. The Morgan fingerprint density at radius 2 is 2.07 bits per heavy atom. The molecule has 2 bridgehead atoms. The Kier molecular flexibility index (Phi) is 7.17. The third-order valence-corrected chi connectivity index (χ3v) is 7.67. The number of ether oxygens (including phenoxy) is 1. The summed E-state index contributed by atoms with van der Waals surface area (Å²) in [5.74, 6) is 0.731. The summed E-state index contributed by atoms with van der Waals surface area (Å²) >= 11 is 0. The molecule has 2 amide bonds. The minimum atomic E-state index is -0.260. The zero-order chi connectivity index (χ0) is 28.5. The Morgan fingerprint density at radius 1 is 1.20 bits per heavy atom. The van der Waals surface area contributed by atoms with E-state index in [2.05, 4.69) is 42.8 Å². The van der Waals surface area contributed by atoms with Crippen LogP contribution in [-0.2, 0) is 18.4 Å². The predicted molar refractivity (Wildman–Crippen MR) is 157 cm³/mol. The largest absolute Gasteiger partial charge is 0.477 e. The van der Waals surface area contributed by atoms with Crippen LogP contribution in [-0.4, -0.2) is 61.9 Å². The van der Waals surface area contributed by atoms with E-state index in [0.29, 0.717) is 42.8 Å². The lowest BCUT2D eigenvalue weighted by Crippen LogP contribution is -2.36. The molecule has 11 nitrogen and oxygen atoms in total. The molecule has 1 aromatic carbocycles. The molecule has 4 aromatic rings. The van der Waals surface area contributed by atoms with Crippen LogP contribution in [0.1, 0.15) is 41.7 Å². The average Bonchev–Trinajstić information content (AvgIpc) is 3.67. The zero-order valence-electron chi connectivity index (χ0n) is 23.4. The minimum absolute atomic E-state index is 0.0456. The number of carbonyl (C=O) groups excluding carboxylic acids is 2. The van der Waals surface area contributed by atoms with Crippen molar-refractivity contribution in [1.82, 2.24) is 29.6 Å². The molecule has 0 spiro atoms. The van der Waals surface area contributed by atoms with Crippen LogP contribution >= 0.6 is 0 Å². The van der Waals surface area contributed by atoms with Crippen molar-refractivity contribution in [1.29, 1.82) is 0 Å². The van der Waals surface area contributed by atoms with Crippen LogP contribution in [0.4, 0.5) is 11.6 Å². The van der Waals surface area contributed by atoms with Crippen LogP contribution in [0.3, 0.4) is 0 Å². The van der Waals surface area contributed by atoms with Crippen molar-refractivity contribution in [2.45, 2.75) is 45.2 Å². The molecular weight excluding hydrogens is 520 g/mol. The van der Waals surface area contributed by atoms with E-state index in [1.54, 1.807) is 23.0 Å². The van der Waals surface area contributed by atoms with Crippen molar-refractivity contribution in [2.24, 2.45) is 7.05 Å². The lowest BCUT2D eigenvalue weighted by molar-refractivity contribution is -0.117. The van der Waals surface area contributed by atoms with Crippen molar-refractivity contribution in [3.8, 4) is 17.1 Å². The fraction of sp³-hybridized carbons (Fsp3) is 0.367. The number of rotatable bonds is 3. The number of hydrogen-bond acceptors (Lipinski definition) is 7. The number of nitrogens with zero attached hydrogens (tertiary/aromatic N) is 6. The monoisotopic (exact) mass is 554 g/mol. The van der Waals surface area contributed by atoms with Gasteiger partial charge in [-0.05, 0) is 62.9 Å². The third kappa shape index (κ3) is 5.27. The number of nitrogens with one attached hydrogen (secondary N) is 2. The molecule has 0 saturated carbocycles. The quantitative estimate of drug-likeness (QED) is 0.370. The van der Waals surface area contributed by atoms with Gasteiger partial charge in [0.15, 0.2) is 0 Å². The van der Waals surface area contributed by atoms with Crippen molar-refractivity contribution in [2.75, 3.05) is 29.9 Å². The van der Waals surface area contributed by atoms with Gasteiger partial charge in [0.2, 0.25) is 17.7 Å². The molecule has 6 rings (SSSR count). The maximum atomic E-state index is 13.6. The Labute approximate surface area is 238 Å². The zero-order valence-corrected chi connectivity index (χ0v) is 23.4. The third-order valence-electron chi connectivity index (χ3n) is 7.67. The Bertz CT molecular complexity index is 1640. The fourth-order valence-corrected chi connectivity index (χ4v) is 5.69. The number of para-hydroxylation sites is 1. The first kappa shape index (κ1) is 26.5. The molecule has 41 heavy (non-hydrogen) atoms. The van der Waals surface area contributed by atoms with Crippen molar-refractivity contribution >= 4 is 34.5 Å². The number of pyridine rings is 1. The molecule has 2 N–H and O–H groups in total. The Morgan fingerprint density at radius 3 is 2.93 bits per heavy atom. The van der Waals surface area contributed by atoms with Crippen LogP contribution < -0.4 is 20.3 Å². The number of imidazole rings is 1. The second kappa shape index (κ2) is 11.1. The normalized spacial score (nSPS) is 17.6. The van der Waals surface area contributed by atoms with E-state index in [1.807, 2.05) is 26.1 Å². The predicted octanol–water partition coefficient (Wildman–Crippen LogP) is 3.84. The van der Waals surface area contributed by atoms with E-state index in [1.165, 1.54) is 6.08 Å². The number of fused-ring (bicyclic) bond motifs is 7. The van der Waals surface area contributed by atoms with Crippen molar-refractivity contribution in [3.05, 3.63) is 60.4 Å². The maximum absolute atomic E-state index is 13.6. The first-order valence-corrected chi connectivity index (χ1v) is 14.0. The van der Waals surface area contributed by atoms with Crippen LogP contribution in [0.2, 0.25) is 0 Å². The molecule has 1 saturated heterocycles. The lowest BCUT2D eigenvalue weighted by Gasteiger charge is -2.21. The van der Waals surface area contributed by atoms with E-state index in [-0.39, 0.29) is 17.9 Å². The molecule has 3 aromatic heterocycles. The van der Waals surface area contributed by atoms with Crippen molar-refractivity contribution in [3.63, 3.8) is 0 Å². The highest BCUT2D eigenvalue weighted by molar-refractivity contribution is 6.05. The van der Waals surface area contributed by atoms with E-state index >= 15 is 0 Å². The number of benzene rings is 1. The summed E-state index contributed by atoms with van der Waals surface area (Å²) in [7, 11) is 1.84.